The fraction of sp³-hybridized carbons (Fsp3) is 0.462. The van der Waals surface area contributed by atoms with Gasteiger partial charge in [-0.15, -0.1) is 0 Å². The monoisotopic (exact) mass is 498 g/mol. The molecule has 0 aromatic heterocycles. The average Bonchev–Trinajstić information content (AvgIpc) is 3.10. The van der Waals surface area contributed by atoms with Crippen LogP contribution in [0.1, 0.15) is 36.8 Å². The summed E-state index contributed by atoms with van der Waals surface area (Å²) < 4.78 is 39.9. The maximum absolute atomic E-state index is 13.5. The summed E-state index contributed by atoms with van der Waals surface area (Å²) in [4.78, 5) is 27.2. The highest BCUT2D eigenvalue weighted by molar-refractivity contribution is 7.89. The minimum Gasteiger partial charge on any atom is -0.486 e. The summed E-state index contributed by atoms with van der Waals surface area (Å²) in [5, 5.41) is 0. The first-order valence-corrected chi connectivity index (χ1v) is 13.5. The van der Waals surface area contributed by atoms with Gasteiger partial charge in [0.15, 0.2) is 11.5 Å². The molecular formula is C26H30N2O6S. The molecule has 8 nitrogen and oxygen atoms in total. The lowest BCUT2D eigenvalue weighted by Gasteiger charge is -2.29. The van der Waals surface area contributed by atoms with Crippen molar-refractivity contribution in [1.82, 2.24) is 9.21 Å². The molecule has 5 rings (SSSR count). The predicted octanol–water partition coefficient (Wildman–Crippen LogP) is 3.13. The van der Waals surface area contributed by atoms with Gasteiger partial charge in [0.1, 0.15) is 12.7 Å². The van der Waals surface area contributed by atoms with E-state index in [0.29, 0.717) is 22.6 Å². The van der Waals surface area contributed by atoms with Crippen LogP contribution in [-0.2, 0) is 26.2 Å². The molecular weight excluding hydrogens is 468 g/mol. The number of likely N-dealkylation sites (N-methyl/N-ethyl adjacent to an activating group) is 1. The van der Waals surface area contributed by atoms with E-state index in [4.69, 9.17) is 9.47 Å². The highest BCUT2D eigenvalue weighted by atomic mass is 32.2. The summed E-state index contributed by atoms with van der Waals surface area (Å²) in [6, 6.07) is 12.4. The second-order valence-electron chi connectivity index (χ2n) is 9.64. The summed E-state index contributed by atoms with van der Waals surface area (Å²) in [5.41, 5.74) is 1.22. The lowest BCUT2D eigenvalue weighted by molar-refractivity contribution is -0.140. The molecule has 1 saturated carbocycles. The van der Waals surface area contributed by atoms with Crippen molar-refractivity contribution in [2.45, 2.75) is 50.2 Å². The highest BCUT2D eigenvalue weighted by Gasteiger charge is 2.48. The van der Waals surface area contributed by atoms with Gasteiger partial charge < -0.3 is 9.47 Å². The first-order chi connectivity index (χ1) is 16.8. The molecule has 35 heavy (non-hydrogen) atoms. The molecule has 186 valence electrons. The zero-order chi connectivity index (χ0) is 24.7. The Morgan fingerprint density at radius 2 is 1.66 bits per heavy atom. The van der Waals surface area contributed by atoms with Crippen LogP contribution >= 0.6 is 0 Å². The SMILES string of the molecule is Cc1ccc(CN2C(=O)C3CCCCC3C2=O)cc1S(=O)(=O)N(C)CC1COc2ccccc2O1. The molecule has 2 amide bonds. The third-order valence-corrected chi connectivity index (χ3v) is 9.21. The molecule has 2 heterocycles. The van der Waals surface area contributed by atoms with Gasteiger partial charge in [-0.3, -0.25) is 14.5 Å². The van der Waals surface area contributed by atoms with Crippen molar-refractivity contribution in [2.75, 3.05) is 20.2 Å². The normalized spacial score (nSPS) is 24.1. The number of nitrogens with zero attached hydrogens (tertiary/aromatic N) is 2. The maximum Gasteiger partial charge on any atom is 0.243 e. The molecule has 9 heteroatoms. The molecule has 1 aliphatic carbocycles. The van der Waals surface area contributed by atoms with Crippen LogP contribution in [0.5, 0.6) is 11.5 Å². The molecule has 2 fully saturated rings. The number of likely N-dealkylation sites (tertiary alicyclic amines) is 1. The molecule has 3 unspecified atom stereocenters. The Bertz CT molecular complexity index is 1240. The number of carbonyl (C=O) groups is 2. The fourth-order valence-electron chi connectivity index (χ4n) is 5.30. The quantitative estimate of drug-likeness (QED) is 0.568. The van der Waals surface area contributed by atoms with E-state index in [9.17, 15) is 18.0 Å². The van der Waals surface area contributed by atoms with E-state index in [0.717, 1.165) is 25.7 Å². The van der Waals surface area contributed by atoms with E-state index in [2.05, 4.69) is 0 Å². The largest absolute Gasteiger partial charge is 0.486 e. The molecule has 0 radical (unpaired) electrons. The number of fused-ring (bicyclic) bond motifs is 2. The second-order valence-corrected chi connectivity index (χ2v) is 11.7. The minimum atomic E-state index is -3.84. The number of carbonyl (C=O) groups excluding carboxylic acids is 2. The number of ether oxygens (including phenoxy) is 2. The summed E-state index contributed by atoms with van der Waals surface area (Å²) >= 11 is 0. The highest BCUT2D eigenvalue weighted by Crippen LogP contribution is 2.39. The van der Waals surface area contributed by atoms with Gasteiger partial charge in [-0.05, 0) is 49.1 Å². The minimum absolute atomic E-state index is 0.0908. The standard InChI is InChI=1S/C26H30N2O6S/c1-17-11-12-18(14-28-25(29)20-7-3-4-8-21(20)26(28)30)13-24(17)35(31,32)27(2)15-19-16-33-22-9-5-6-10-23(22)34-19/h5-6,9-13,19-21H,3-4,7-8,14-16H2,1-2H3. The molecule has 3 atom stereocenters. The predicted molar refractivity (Wildman–Crippen MR) is 128 cm³/mol. The number of sulfonamides is 1. The molecule has 2 aromatic carbocycles. The van der Waals surface area contributed by atoms with Gasteiger partial charge in [0, 0.05) is 7.05 Å². The number of benzene rings is 2. The molecule has 3 aliphatic rings. The fourth-order valence-corrected chi connectivity index (χ4v) is 6.77. The van der Waals surface area contributed by atoms with Crippen molar-refractivity contribution in [3.05, 3.63) is 53.6 Å². The van der Waals surface area contributed by atoms with Crippen molar-refractivity contribution in [3.8, 4) is 11.5 Å². The lowest BCUT2D eigenvalue weighted by Crippen LogP contribution is -2.42. The molecule has 1 saturated heterocycles. The molecule has 0 spiro atoms. The van der Waals surface area contributed by atoms with Gasteiger partial charge in [0.25, 0.3) is 0 Å². The van der Waals surface area contributed by atoms with Crippen LogP contribution in [-0.4, -0.2) is 55.7 Å². The zero-order valence-electron chi connectivity index (χ0n) is 20.0. The first-order valence-electron chi connectivity index (χ1n) is 12.1. The summed E-state index contributed by atoms with van der Waals surface area (Å²) in [7, 11) is -2.32. The smallest absolute Gasteiger partial charge is 0.243 e. The number of hydrogen-bond acceptors (Lipinski definition) is 6. The van der Waals surface area contributed by atoms with E-state index in [1.165, 1.54) is 16.3 Å². The van der Waals surface area contributed by atoms with Crippen molar-refractivity contribution >= 4 is 21.8 Å². The number of rotatable bonds is 6. The van der Waals surface area contributed by atoms with Crippen LogP contribution in [0.2, 0.25) is 0 Å². The van der Waals surface area contributed by atoms with Crippen molar-refractivity contribution in [3.63, 3.8) is 0 Å². The van der Waals surface area contributed by atoms with E-state index in [1.807, 2.05) is 18.2 Å². The van der Waals surface area contributed by atoms with Crippen LogP contribution in [0.25, 0.3) is 0 Å². The second kappa shape index (κ2) is 9.28. The maximum atomic E-state index is 13.5. The van der Waals surface area contributed by atoms with Gasteiger partial charge >= 0.3 is 0 Å². The zero-order valence-corrected chi connectivity index (χ0v) is 20.8. The molecule has 0 bridgehead atoms. The average molecular weight is 499 g/mol. The summed E-state index contributed by atoms with van der Waals surface area (Å²) in [5.74, 6) is 0.530. The van der Waals surface area contributed by atoms with Gasteiger partial charge in [0.2, 0.25) is 21.8 Å². The summed E-state index contributed by atoms with van der Waals surface area (Å²) in [6.45, 7) is 2.19. The number of hydrogen-bond donors (Lipinski definition) is 0. The number of imide groups is 1. The number of aryl methyl sites for hydroxylation is 1. The lowest BCUT2D eigenvalue weighted by atomic mass is 9.81. The van der Waals surface area contributed by atoms with Crippen molar-refractivity contribution < 1.29 is 27.5 Å². The van der Waals surface area contributed by atoms with Gasteiger partial charge in [-0.2, -0.15) is 4.31 Å². The van der Waals surface area contributed by atoms with Crippen molar-refractivity contribution in [1.29, 1.82) is 0 Å². The van der Waals surface area contributed by atoms with Crippen molar-refractivity contribution in [2.24, 2.45) is 11.8 Å². The van der Waals surface area contributed by atoms with Gasteiger partial charge in [-0.1, -0.05) is 37.1 Å². The third-order valence-electron chi connectivity index (χ3n) is 7.24. The van der Waals surface area contributed by atoms with E-state index in [-0.39, 0.29) is 48.2 Å². The van der Waals surface area contributed by atoms with Crippen LogP contribution in [0.3, 0.4) is 0 Å². The van der Waals surface area contributed by atoms with Crippen LogP contribution < -0.4 is 9.47 Å². The number of para-hydroxylation sites is 2. The van der Waals surface area contributed by atoms with E-state index in [1.54, 1.807) is 31.2 Å². The molecule has 2 aromatic rings. The molecule has 0 N–H and O–H groups in total. The van der Waals surface area contributed by atoms with E-state index >= 15 is 0 Å². The Morgan fingerprint density at radius 1 is 1.00 bits per heavy atom. The Balaban J connectivity index is 1.32. The molecule has 2 aliphatic heterocycles. The van der Waals surface area contributed by atoms with Crippen LogP contribution in [0, 0.1) is 18.8 Å². The Kier molecular flexibility index (Phi) is 6.31. The Labute approximate surface area is 205 Å². The topological polar surface area (TPSA) is 93.2 Å². The third kappa shape index (κ3) is 4.43. The van der Waals surface area contributed by atoms with Crippen LogP contribution in [0.15, 0.2) is 47.4 Å². The first kappa shape index (κ1) is 23.8. The Hall–Kier alpha value is -2.91. The summed E-state index contributed by atoms with van der Waals surface area (Å²) in [6.07, 6.45) is 2.99. The van der Waals surface area contributed by atoms with Gasteiger partial charge in [0.05, 0.1) is 29.8 Å². The number of amides is 2. The van der Waals surface area contributed by atoms with Gasteiger partial charge in [-0.25, -0.2) is 8.42 Å². The Morgan fingerprint density at radius 3 is 2.34 bits per heavy atom. The van der Waals surface area contributed by atoms with Crippen LogP contribution in [0.4, 0.5) is 0 Å². The van der Waals surface area contributed by atoms with E-state index < -0.39 is 16.1 Å².